The monoisotopic (exact) mass is 283 g/mol. The van der Waals surface area contributed by atoms with E-state index < -0.39 is 0 Å². The van der Waals surface area contributed by atoms with Gasteiger partial charge >= 0.3 is 0 Å². The van der Waals surface area contributed by atoms with Crippen LogP contribution in [0.25, 0.3) is 0 Å². The second-order valence-electron chi connectivity index (χ2n) is 4.51. The summed E-state index contributed by atoms with van der Waals surface area (Å²) >= 11 is 0. The lowest BCUT2D eigenvalue weighted by Gasteiger charge is -2.21. The molecule has 0 bridgehead atoms. The molecular weight excluding hydrogens is 269 g/mol. The quantitative estimate of drug-likeness (QED) is 0.866. The Balaban J connectivity index is 2.33. The van der Waals surface area contributed by atoms with Gasteiger partial charge in [-0.15, -0.1) is 0 Å². The first-order valence-corrected chi connectivity index (χ1v) is 6.50. The largest absolute Gasteiger partial charge is 0.306 e. The number of pyridine rings is 1. The molecule has 0 aliphatic rings. The highest BCUT2D eigenvalue weighted by Crippen LogP contribution is 2.18. The second-order valence-corrected chi connectivity index (χ2v) is 4.51. The molecule has 0 spiro atoms. The Hall–Kier alpha value is -2.74. The van der Waals surface area contributed by atoms with Crippen LogP contribution >= 0.6 is 0 Å². The average Bonchev–Trinajstić information content (AvgIpc) is 2.49. The van der Waals surface area contributed by atoms with E-state index in [2.05, 4.69) is 4.98 Å². The lowest BCUT2D eigenvalue weighted by molar-refractivity contribution is 0.0982. The van der Waals surface area contributed by atoms with Crippen LogP contribution in [-0.4, -0.2) is 17.4 Å². The summed E-state index contributed by atoms with van der Waals surface area (Å²) in [5, 5.41) is 8.74. The maximum atomic E-state index is 13.0. The van der Waals surface area contributed by atoms with Crippen molar-refractivity contribution in [2.45, 2.75) is 13.3 Å². The number of nitriles is 1. The van der Waals surface area contributed by atoms with Crippen molar-refractivity contribution in [1.29, 1.82) is 5.26 Å². The molecule has 0 saturated carbocycles. The predicted octanol–water partition coefficient (Wildman–Crippen LogP) is 3.09. The van der Waals surface area contributed by atoms with E-state index in [9.17, 15) is 9.18 Å². The van der Waals surface area contributed by atoms with Gasteiger partial charge in [-0.2, -0.15) is 5.26 Å². The number of carbonyl (C=O) groups excluding carboxylic acids is 1. The van der Waals surface area contributed by atoms with Crippen molar-refractivity contribution in [3.8, 4) is 6.07 Å². The Morgan fingerprint density at radius 1 is 1.29 bits per heavy atom. The summed E-state index contributed by atoms with van der Waals surface area (Å²) in [6.07, 6.45) is 0.189. The number of hydrogen-bond acceptors (Lipinski definition) is 3. The third-order valence-electron chi connectivity index (χ3n) is 2.94. The highest BCUT2D eigenvalue weighted by molar-refractivity contribution is 6.04. The molecule has 0 aliphatic carbocycles. The van der Waals surface area contributed by atoms with Crippen LogP contribution in [-0.2, 0) is 0 Å². The van der Waals surface area contributed by atoms with Crippen LogP contribution in [0.4, 0.5) is 10.1 Å². The van der Waals surface area contributed by atoms with Gasteiger partial charge in [0.15, 0.2) is 0 Å². The standard InChI is InChI=1S/C16H14FN3O/c1-12-4-2-5-15(19-12)16(21)20(11-3-10-18)14-8-6-13(17)7-9-14/h2,4-9H,3,11H2,1H3. The van der Waals surface area contributed by atoms with E-state index >= 15 is 0 Å². The number of nitrogens with zero attached hydrogens (tertiary/aromatic N) is 3. The Kier molecular flexibility index (Phi) is 4.62. The van der Waals surface area contributed by atoms with Crippen molar-refractivity contribution in [2.24, 2.45) is 0 Å². The van der Waals surface area contributed by atoms with Crippen LogP contribution < -0.4 is 4.90 Å². The minimum atomic E-state index is -0.375. The smallest absolute Gasteiger partial charge is 0.276 e. The molecule has 1 aromatic heterocycles. The van der Waals surface area contributed by atoms with Crippen molar-refractivity contribution in [3.05, 3.63) is 59.7 Å². The van der Waals surface area contributed by atoms with Crippen molar-refractivity contribution >= 4 is 11.6 Å². The summed E-state index contributed by atoms with van der Waals surface area (Å²) in [6, 6.07) is 12.8. The topological polar surface area (TPSA) is 57.0 Å². The lowest BCUT2D eigenvalue weighted by Crippen LogP contribution is -2.32. The zero-order chi connectivity index (χ0) is 15.2. The molecule has 2 rings (SSSR count). The number of anilines is 1. The molecule has 2 aromatic rings. The Bertz CT molecular complexity index is 677. The van der Waals surface area contributed by atoms with Crippen LogP contribution in [0.2, 0.25) is 0 Å². The number of amides is 1. The molecular formula is C16H14FN3O. The number of aromatic nitrogens is 1. The highest BCUT2D eigenvalue weighted by atomic mass is 19.1. The number of aryl methyl sites for hydroxylation is 1. The number of benzene rings is 1. The first kappa shape index (κ1) is 14.7. The molecule has 4 nitrogen and oxygen atoms in total. The van der Waals surface area contributed by atoms with Gasteiger partial charge in [-0.3, -0.25) is 4.79 Å². The van der Waals surface area contributed by atoms with Gasteiger partial charge in [-0.05, 0) is 43.3 Å². The summed E-state index contributed by atoms with van der Waals surface area (Å²) in [4.78, 5) is 18.2. The summed E-state index contributed by atoms with van der Waals surface area (Å²) in [6.45, 7) is 2.03. The van der Waals surface area contributed by atoms with E-state index in [0.29, 0.717) is 11.4 Å². The second kappa shape index (κ2) is 6.62. The molecule has 21 heavy (non-hydrogen) atoms. The van der Waals surface area contributed by atoms with Crippen molar-refractivity contribution in [2.75, 3.05) is 11.4 Å². The van der Waals surface area contributed by atoms with E-state index in [4.69, 9.17) is 5.26 Å². The molecule has 1 heterocycles. The summed E-state index contributed by atoms with van der Waals surface area (Å²) in [5.41, 5.74) is 1.58. The normalized spacial score (nSPS) is 9.95. The van der Waals surface area contributed by atoms with Gasteiger partial charge in [0.25, 0.3) is 5.91 Å². The van der Waals surface area contributed by atoms with E-state index in [1.54, 1.807) is 25.1 Å². The van der Waals surface area contributed by atoms with Crippen LogP contribution in [0.3, 0.4) is 0 Å². The molecule has 0 aliphatic heterocycles. The Morgan fingerprint density at radius 2 is 2.00 bits per heavy atom. The lowest BCUT2D eigenvalue weighted by atomic mass is 10.2. The maximum Gasteiger partial charge on any atom is 0.276 e. The van der Waals surface area contributed by atoms with Gasteiger partial charge in [0.2, 0.25) is 0 Å². The number of halogens is 1. The van der Waals surface area contributed by atoms with Crippen molar-refractivity contribution < 1.29 is 9.18 Å². The number of hydrogen-bond donors (Lipinski definition) is 0. The molecule has 0 saturated heterocycles. The molecule has 1 amide bonds. The molecule has 106 valence electrons. The molecule has 0 N–H and O–H groups in total. The Labute approximate surface area is 122 Å². The summed E-state index contributed by atoms with van der Waals surface area (Å²) in [5.74, 6) is -0.680. The van der Waals surface area contributed by atoms with Crippen molar-refractivity contribution in [1.82, 2.24) is 4.98 Å². The summed E-state index contributed by atoms with van der Waals surface area (Å²) in [7, 11) is 0. The van der Waals surface area contributed by atoms with Gasteiger partial charge in [-0.25, -0.2) is 9.37 Å². The zero-order valence-corrected chi connectivity index (χ0v) is 11.6. The van der Waals surface area contributed by atoms with Crippen LogP contribution in [0.15, 0.2) is 42.5 Å². The fraction of sp³-hybridized carbons (Fsp3) is 0.188. The third-order valence-corrected chi connectivity index (χ3v) is 2.94. The van der Waals surface area contributed by atoms with Gasteiger partial charge in [0, 0.05) is 17.9 Å². The van der Waals surface area contributed by atoms with Crippen LogP contribution in [0.5, 0.6) is 0 Å². The van der Waals surface area contributed by atoms with Gasteiger partial charge in [-0.1, -0.05) is 6.07 Å². The van der Waals surface area contributed by atoms with E-state index in [1.165, 1.54) is 29.2 Å². The summed E-state index contributed by atoms with van der Waals surface area (Å²) < 4.78 is 13.0. The highest BCUT2D eigenvalue weighted by Gasteiger charge is 2.18. The fourth-order valence-corrected chi connectivity index (χ4v) is 1.93. The number of carbonyl (C=O) groups is 1. The van der Waals surface area contributed by atoms with E-state index in [1.807, 2.05) is 6.07 Å². The predicted molar refractivity (Wildman–Crippen MR) is 77.3 cm³/mol. The van der Waals surface area contributed by atoms with E-state index in [0.717, 1.165) is 5.69 Å². The first-order valence-electron chi connectivity index (χ1n) is 6.50. The third kappa shape index (κ3) is 3.63. The zero-order valence-electron chi connectivity index (χ0n) is 11.6. The maximum absolute atomic E-state index is 13.0. The van der Waals surface area contributed by atoms with Crippen molar-refractivity contribution in [3.63, 3.8) is 0 Å². The number of rotatable bonds is 4. The van der Waals surface area contributed by atoms with Crippen LogP contribution in [0, 0.1) is 24.1 Å². The first-order chi connectivity index (χ1) is 10.1. The minimum Gasteiger partial charge on any atom is -0.306 e. The molecule has 0 radical (unpaired) electrons. The van der Waals surface area contributed by atoms with Gasteiger partial charge in [0.05, 0.1) is 12.5 Å². The molecule has 5 heteroatoms. The van der Waals surface area contributed by atoms with Gasteiger partial charge < -0.3 is 4.90 Å². The Morgan fingerprint density at radius 3 is 2.62 bits per heavy atom. The molecule has 0 unspecified atom stereocenters. The SMILES string of the molecule is Cc1cccc(C(=O)N(CCC#N)c2ccc(F)cc2)n1. The molecule has 0 atom stereocenters. The average molecular weight is 283 g/mol. The fourth-order valence-electron chi connectivity index (χ4n) is 1.93. The van der Waals surface area contributed by atoms with Crippen LogP contribution in [0.1, 0.15) is 22.6 Å². The molecule has 0 fully saturated rings. The molecule has 1 aromatic carbocycles. The minimum absolute atomic E-state index is 0.189. The van der Waals surface area contributed by atoms with E-state index in [-0.39, 0.29) is 24.7 Å². The van der Waals surface area contributed by atoms with Gasteiger partial charge in [0.1, 0.15) is 11.5 Å².